The lowest BCUT2D eigenvalue weighted by molar-refractivity contribution is 0.0963. The minimum atomic E-state index is 0.434. The molecule has 1 aromatic heterocycles. The summed E-state index contributed by atoms with van der Waals surface area (Å²) in [5.74, 6) is 0. The van der Waals surface area contributed by atoms with Crippen molar-refractivity contribution in [1.29, 1.82) is 0 Å². The van der Waals surface area contributed by atoms with Gasteiger partial charge in [0.05, 0.1) is 12.2 Å². The number of thiophene rings is 1. The summed E-state index contributed by atoms with van der Waals surface area (Å²) in [6.07, 6.45) is 4.70. The standard InChI is InChI=1S/C12H16BrNOS/c1-7(12-4-8(13)6-16-12)14-10-5-9-2-3-11(10)15-9/h4,6-7,9-11,14H,2-3,5H2,1H3. The summed E-state index contributed by atoms with van der Waals surface area (Å²) in [5, 5.41) is 5.85. The predicted octanol–water partition coefficient (Wildman–Crippen LogP) is 3.48. The van der Waals surface area contributed by atoms with Crippen LogP contribution in [0.1, 0.15) is 37.1 Å². The van der Waals surface area contributed by atoms with Crippen LogP contribution >= 0.6 is 27.3 Å². The Labute approximate surface area is 109 Å². The third-order valence-corrected chi connectivity index (χ3v) is 5.46. The Balaban J connectivity index is 1.62. The van der Waals surface area contributed by atoms with Gasteiger partial charge in [0.25, 0.3) is 0 Å². The zero-order valence-electron chi connectivity index (χ0n) is 9.28. The summed E-state index contributed by atoms with van der Waals surface area (Å²) in [5.41, 5.74) is 0. The molecule has 2 aliphatic heterocycles. The van der Waals surface area contributed by atoms with Gasteiger partial charge in [0.15, 0.2) is 0 Å². The Morgan fingerprint density at radius 2 is 2.44 bits per heavy atom. The third kappa shape index (κ3) is 2.08. The molecular weight excluding hydrogens is 286 g/mol. The Kier molecular flexibility index (Phi) is 3.09. The maximum atomic E-state index is 5.86. The third-order valence-electron chi connectivity index (χ3n) is 3.58. The van der Waals surface area contributed by atoms with Gasteiger partial charge >= 0.3 is 0 Å². The number of halogens is 1. The van der Waals surface area contributed by atoms with Crippen molar-refractivity contribution < 1.29 is 4.74 Å². The summed E-state index contributed by atoms with van der Waals surface area (Å²) < 4.78 is 7.04. The second-order valence-electron chi connectivity index (χ2n) is 4.77. The molecule has 4 unspecified atom stereocenters. The largest absolute Gasteiger partial charge is 0.373 e. The zero-order valence-corrected chi connectivity index (χ0v) is 11.7. The first-order valence-electron chi connectivity index (χ1n) is 5.88. The lowest BCUT2D eigenvalue weighted by atomic mass is 9.95. The number of ether oxygens (including phenoxy) is 1. The van der Waals surface area contributed by atoms with E-state index in [-0.39, 0.29) is 0 Å². The molecule has 0 radical (unpaired) electrons. The molecule has 4 heteroatoms. The van der Waals surface area contributed by atoms with Gasteiger partial charge in [-0.3, -0.25) is 0 Å². The van der Waals surface area contributed by atoms with Gasteiger partial charge in [-0.1, -0.05) is 0 Å². The molecular formula is C12H16BrNOS. The van der Waals surface area contributed by atoms with Crippen molar-refractivity contribution in [2.45, 2.75) is 50.5 Å². The van der Waals surface area contributed by atoms with E-state index in [2.05, 4.69) is 39.6 Å². The summed E-state index contributed by atoms with van der Waals surface area (Å²) in [7, 11) is 0. The predicted molar refractivity (Wildman–Crippen MR) is 69.9 cm³/mol. The van der Waals surface area contributed by atoms with Crippen LogP contribution in [-0.4, -0.2) is 18.2 Å². The highest BCUT2D eigenvalue weighted by Gasteiger charge is 2.41. The molecule has 2 aliphatic rings. The van der Waals surface area contributed by atoms with Gasteiger partial charge in [-0.15, -0.1) is 11.3 Å². The monoisotopic (exact) mass is 301 g/mol. The van der Waals surface area contributed by atoms with Gasteiger partial charge in [-0.05, 0) is 48.2 Å². The van der Waals surface area contributed by atoms with E-state index in [4.69, 9.17) is 4.74 Å². The van der Waals surface area contributed by atoms with E-state index in [0.717, 1.165) is 0 Å². The zero-order chi connectivity index (χ0) is 11.1. The number of fused-ring (bicyclic) bond motifs is 2. The Morgan fingerprint density at radius 3 is 3.00 bits per heavy atom. The smallest absolute Gasteiger partial charge is 0.0733 e. The molecule has 2 saturated heterocycles. The molecule has 3 rings (SSSR count). The molecule has 0 aromatic carbocycles. The van der Waals surface area contributed by atoms with E-state index in [1.54, 1.807) is 0 Å². The fourth-order valence-corrected chi connectivity index (χ4v) is 4.23. The first-order valence-corrected chi connectivity index (χ1v) is 7.55. The Hall–Kier alpha value is 0.1000. The van der Waals surface area contributed by atoms with E-state index in [1.165, 1.54) is 28.6 Å². The van der Waals surface area contributed by atoms with Crippen LogP contribution in [0.25, 0.3) is 0 Å². The minimum absolute atomic E-state index is 0.434. The molecule has 1 N–H and O–H groups in total. The number of hydrogen-bond acceptors (Lipinski definition) is 3. The highest BCUT2D eigenvalue weighted by molar-refractivity contribution is 9.10. The normalized spacial score (nSPS) is 34.5. The van der Waals surface area contributed by atoms with Crippen LogP contribution in [0, 0.1) is 0 Å². The van der Waals surface area contributed by atoms with Gasteiger partial charge in [-0.25, -0.2) is 0 Å². The molecule has 0 amide bonds. The van der Waals surface area contributed by atoms with Crippen LogP contribution in [0.5, 0.6) is 0 Å². The van der Waals surface area contributed by atoms with Crippen molar-refractivity contribution in [2.24, 2.45) is 0 Å². The number of hydrogen-bond donors (Lipinski definition) is 1. The summed E-state index contributed by atoms with van der Waals surface area (Å²) in [4.78, 5) is 1.40. The Bertz CT molecular complexity index is 381. The van der Waals surface area contributed by atoms with Crippen LogP contribution in [0.4, 0.5) is 0 Å². The van der Waals surface area contributed by atoms with Crippen LogP contribution < -0.4 is 5.32 Å². The lowest BCUT2D eigenvalue weighted by Gasteiger charge is -2.23. The van der Waals surface area contributed by atoms with Crippen LogP contribution in [-0.2, 0) is 4.74 Å². The molecule has 2 bridgehead atoms. The van der Waals surface area contributed by atoms with Crippen molar-refractivity contribution >= 4 is 27.3 Å². The molecule has 3 heterocycles. The van der Waals surface area contributed by atoms with Gasteiger partial charge in [-0.2, -0.15) is 0 Å². The highest BCUT2D eigenvalue weighted by atomic mass is 79.9. The second kappa shape index (κ2) is 4.41. The van der Waals surface area contributed by atoms with Gasteiger partial charge in [0.2, 0.25) is 0 Å². The highest BCUT2D eigenvalue weighted by Crippen LogP contribution is 2.36. The number of nitrogens with one attached hydrogen (secondary N) is 1. The molecule has 88 valence electrons. The molecule has 4 atom stereocenters. The van der Waals surface area contributed by atoms with E-state index in [9.17, 15) is 0 Å². The molecule has 2 nitrogen and oxygen atoms in total. The quantitative estimate of drug-likeness (QED) is 0.923. The van der Waals surface area contributed by atoms with E-state index in [0.29, 0.717) is 24.3 Å². The van der Waals surface area contributed by atoms with Gasteiger partial charge in [0.1, 0.15) is 0 Å². The fraction of sp³-hybridized carbons (Fsp3) is 0.667. The van der Waals surface area contributed by atoms with Crippen LogP contribution in [0.3, 0.4) is 0 Å². The van der Waals surface area contributed by atoms with E-state index >= 15 is 0 Å². The minimum Gasteiger partial charge on any atom is -0.373 e. The van der Waals surface area contributed by atoms with Crippen molar-refractivity contribution in [3.05, 3.63) is 20.8 Å². The molecule has 16 heavy (non-hydrogen) atoms. The first kappa shape index (κ1) is 11.2. The van der Waals surface area contributed by atoms with Crippen molar-refractivity contribution in [1.82, 2.24) is 5.32 Å². The van der Waals surface area contributed by atoms with Crippen LogP contribution in [0.15, 0.2) is 15.9 Å². The van der Waals surface area contributed by atoms with E-state index < -0.39 is 0 Å². The molecule has 0 saturated carbocycles. The lowest BCUT2D eigenvalue weighted by Crippen LogP contribution is -2.38. The summed E-state index contributed by atoms with van der Waals surface area (Å²) >= 11 is 5.31. The van der Waals surface area contributed by atoms with E-state index in [1.807, 2.05) is 11.3 Å². The topological polar surface area (TPSA) is 21.3 Å². The molecule has 2 fully saturated rings. The summed E-state index contributed by atoms with van der Waals surface area (Å²) in [6, 6.07) is 3.20. The maximum Gasteiger partial charge on any atom is 0.0733 e. The fourth-order valence-electron chi connectivity index (χ4n) is 2.77. The SMILES string of the molecule is CC(NC1CC2CCC1O2)c1cc(Br)cs1. The van der Waals surface area contributed by atoms with Gasteiger partial charge < -0.3 is 10.1 Å². The van der Waals surface area contributed by atoms with Gasteiger partial charge in [0, 0.05) is 26.8 Å². The van der Waals surface area contributed by atoms with Crippen LogP contribution in [0.2, 0.25) is 0 Å². The maximum absolute atomic E-state index is 5.86. The first-order chi connectivity index (χ1) is 7.72. The van der Waals surface area contributed by atoms with Crippen molar-refractivity contribution in [2.75, 3.05) is 0 Å². The average molecular weight is 302 g/mol. The number of rotatable bonds is 3. The molecule has 0 aliphatic carbocycles. The van der Waals surface area contributed by atoms with Crippen molar-refractivity contribution in [3.8, 4) is 0 Å². The molecule has 0 spiro atoms. The second-order valence-corrected chi connectivity index (χ2v) is 6.63. The average Bonchev–Trinajstić information content (AvgIpc) is 2.92. The van der Waals surface area contributed by atoms with Crippen molar-refractivity contribution in [3.63, 3.8) is 0 Å². The Morgan fingerprint density at radius 1 is 1.56 bits per heavy atom. The summed E-state index contributed by atoms with van der Waals surface area (Å²) in [6.45, 7) is 2.24. The molecule has 1 aromatic rings.